The fourth-order valence-electron chi connectivity index (χ4n) is 2.98. The Bertz CT molecular complexity index is 1170. The number of methoxy groups -OCH3 is 1. The quantitative estimate of drug-likeness (QED) is 0.374. The maximum Gasteiger partial charge on any atom is 0.418 e. The first-order valence-electron chi connectivity index (χ1n) is 9.97. The smallest absolute Gasteiger partial charge is 0.418 e. The summed E-state index contributed by atoms with van der Waals surface area (Å²) in [7, 11) is 1.43. The van der Waals surface area contributed by atoms with Gasteiger partial charge in [0, 0.05) is 17.1 Å². The monoisotopic (exact) mass is 508 g/mol. The van der Waals surface area contributed by atoms with E-state index >= 15 is 0 Å². The van der Waals surface area contributed by atoms with Crippen molar-refractivity contribution in [3.8, 4) is 11.5 Å². The standard InChI is InChI=1S/C24H20ClF3N2O3S/c1-32-21-12-16(23(34)29-13-15-6-9-17(25)10-7-15)8-11-20(21)33-14-22(31)30-19-5-3-2-4-18(19)24(26,27)28/h2-12H,13-14H2,1H3,(H,29,34)(H,30,31). The molecule has 2 N–H and O–H groups in total. The Morgan fingerprint density at radius 2 is 1.74 bits per heavy atom. The number of benzene rings is 3. The molecule has 0 aliphatic heterocycles. The van der Waals surface area contributed by atoms with Crippen molar-refractivity contribution in [2.45, 2.75) is 12.7 Å². The minimum Gasteiger partial charge on any atom is -0.493 e. The summed E-state index contributed by atoms with van der Waals surface area (Å²) in [5.74, 6) is -0.189. The number of anilines is 1. The van der Waals surface area contributed by atoms with Crippen molar-refractivity contribution >= 4 is 40.4 Å². The Hall–Kier alpha value is -3.30. The molecule has 0 atom stereocenters. The van der Waals surface area contributed by atoms with Gasteiger partial charge in [-0.15, -0.1) is 0 Å². The molecule has 5 nitrogen and oxygen atoms in total. The molecular formula is C24H20ClF3N2O3S. The van der Waals surface area contributed by atoms with Gasteiger partial charge in [0.05, 0.1) is 18.4 Å². The van der Waals surface area contributed by atoms with Crippen molar-refractivity contribution in [3.63, 3.8) is 0 Å². The van der Waals surface area contributed by atoms with E-state index in [1.807, 2.05) is 12.1 Å². The zero-order valence-corrected chi connectivity index (χ0v) is 19.5. The molecule has 0 unspecified atom stereocenters. The summed E-state index contributed by atoms with van der Waals surface area (Å²) in [6.45, 7) is -0.0166. The maximum absolute atomic E-state index is 13.1. The molecule has 3 aromatic carbocycles. The lowest BCUT2D eigenvalue weighted by atomic mass is 10.1. The topological polar surface area (TPSA) is 59.6 Å². The third-order valence-corrected chi connectivity index (χ3v) is 5.29. The average Bonchev–Trinajstić information content (AvgIpc) is 2.81. The van der Waals surface area contributed by atoms with Crippen LogP contribution in [-0.2, 0) is 17.5 Å². The van der Waals surface area contributed by atoms with Crippen LogP contribution >= 0.6 is 23.8 Å². The fraction of sp³-hybridized carbons (Fsp3) is 0.167. The molecular weight excluding hydrogens is 489 g/mol. The molecule has 0 saturated heterocycles. The predicted molar refractivity (Wildman–Crippen MR) is 129 cm³/mol. The summed E-state index contributed by atoms with van der Waals surface area (Å²) in [6.07, 6.45) is -4.59. The molecule has 0 heterocycles. The Morgan fingerprint density at radius 3 is 2.41 bits per heavy atom. The molecule has 1 amide bonds. The van der Waals surface area contributed by atoms with Gasteiger partial charge in [0.15, 0.2) is 18.1 Å². The number of carbonyl (C=O) groups is 1. The highest BCUT2D eigenvalue weighted by atomic mass is 35.5. The molecule has 178 valence electrons. The molecule has 0 fully saturated rings. The molecule has 34 heavy (non-hydrogen) atoms. The lowest BCUT2D eigenvalue weighted by Gasteiger charge is -2.15. The van der Waals surface area contributed by atoms with Crippen LogP contribution in [0.4, 0.5) is 18.9 Å². The van der Waals surface area contributed by atoms with Gasteiger partial charge >= 0.3 is 6.18 Å². The number of alkyl halides is 3. The summed E-state index contributed by atoms with van der Waals surface area (Å²) in [5.41, 5.74) is 0.376. The molecule has 0 saturated carbocycles. The highest BCUT2D eigenvalue weighted by molar-refractivity contribution is 7.80. The highest BCUT2D eigenvalue weighted by Gasteiger charge is 2.33. The molecule has 0 spiro atoms. The molecule has 0 aliphatic rings. The van der Waals surface area contributed by atoms with Crippen LogP contribution in [-0.4, -0.2) is 24.6 Å². The number of amides is 1. The SMILES string of the molecule is COc1cc(C(=S)NCc2ccc(Cl)cc2)ccc1OCC(=O)Nc1ccccc1C(F)(F)F. The van der Waals surface area contributed by atoms with Crippen LogP contribution in [0.25, 0.3) is 0 Å². The minimum atomic E-state index is -4.59. The summed E-state index contributed by atoms with van der Waals surface area (Å²) in [6, 6.07) is 16.9. The van der Waals surface area contributed by atoms with Gasteiger partial charge in [-0.05, 0) is 48.0 Å². The average molecular weight is 509 g/mol. The molecule has 3 aromatic rings. The van der Waals surface area contributed by atoms with Crippen molar-refractivity contribution < 1.29 is 27.4 Å². The van der Waals surface area contributed by atoms with E-state index in [1.165, 1.54) is 25.3 Å². The number of ether oxygens (including phenoxy) is 2. The number of rotatable bonds is 8. The van der Waals surface area contributed by atoms with Crippen molar-refractivity contribution in [2.75, 3.05) is 19.0 Å². The highest BCUT2D eigenvalue weighted by Crippen LogP contribution is 2.34. The van der Waals surface area contributed by atoms with Crippen LogP contribution in [0.5, 0.6) is 11.5 Å². The largest absolute Gasteiger partial charge is 0.493 e. The van der Waals surface area contributed by atoms with Crippen LogP contribution in [0.2, 0.25) is 5.02 Å². The summed E-state index contributed by atoms with van der Waals surface area (Å²) in [5, 5.41) is 6.01. The molecule has 3 rings (SSSR count). The Morgan fingerprint density at radius 1 is 1.03 bits per heavy atom. The van der Waals surface area contributed by atoms with Crippen LogP contribution in [0, 0.1) is 0 Å². The van der Waals surface area contributed by atoms with Gasteiger partial charge in [-0.2, -0.15) is 13.2 Å². The normalized spacial score (nSPS) is 11.0. The van der Waals surface area contributed by atoms with Gasteiger partial charge < -0.3 is 20.1 Å². The number of para-hydroxylation sites is 1. The van der Waals surface area contributed by atoms with Gasteiger partial charge in [-0.25, -0.2) is 0 Å². The van der Waals surface area contributed by atoms with Gasteiger partial charge in [-0.3, -0.25) is 4.79 Å². The number of halogens is 4. The van der Waals surface area contributed by atoms with Gasteiger partial charge in [-0.1, -0.05) is 48.1 Å². The third kappa shape index (κ3) is 6.85. The van der Waals surface area contributed by atoms with Crippen LogP contribution in [0.15, 0.2) is 66.7 Å². The summed E-state index contributed by atoms with van der Waals surface area (Å²) >= 11 is 11.3. The van der Waals surface area contributed by atoms with E-state index < -0.39 is 24.3 Å². The van der Waals surface area contributed by atoms with E-state index in [9.17, 15) is 18.0 Å². The van der Waals surface area contributed by atoms with E-state index in [1.54, 1.807) is 30.3 Å². The minimum absolute atomic E-state index is 0.242. The second kappa shape index (κ2) is 11.2. The Labute approximate surface area is 204 Å². The molecule has 0 radical (unpaired) electrons. The van der Waals surface area contributed by atoms with E-state index in [-0.39, 0.29) is 11.4 Å². The lowest BCUT2D eigenvalue weighted by Crippen LogP contribution is -2.23. The maximum atomic E-state index is 13.1. The fourth-order valence-corrected chi connectivity index (χ4v) is 3.31. The van der Waals surface area contributed by atoms with E-state index in [0.29, 0.717) is 27.9 Å². The van der Waals surface area contributed by atoms with E-state index in [2.05, 4.69) is 10.6 Å². The van der Waals surface area contributed by atoms with Crippen molar-refractivity contribution in [1.29, 1.82) is 0 Å². The van der Waals surface area contributed by atoms with Gasteiger partial charge in [0.2, 0.25) is 0 Å². The van der Waals surface area contributed by atoms with E-state index in [0.717, 1.165) is 11.6 Å². The Kier molecular flexibility index (Phi) is 8.36. The second-order valence-corrected chi connectivity index (χ2v) is 7.90. The zero-order valence-electron chi connectivity index (χ0n) is 17.9. The number of hydrogen-bond acceptors (Lipinski definition) is 4. The number of thiocarbonyl (C=S) groups is 1. The first-order valence-corrected chi connectivity index (χ1v) is 10.8. The number of carbonyl (C=O) groups excluding carboxylic acids is 1. The van der Waals surface area contributed by atoms with Gasteiger partial charge in [0.25, 0.3) is 5.91 Å². The van der Waals surface area contributed by atoms with Gasteiger partial charge in [0.1, 0.15) is 4.99 Å². The first kappa shape index (κ1) is 25.3. The first-order chi connectivity index (χ1) is 16.2. The molecule has 0 aliphatic carbocycles. The molecule has 0 bridgehead atoms. The number of hydrogen-bond donors (Lipinski definition) is 2. The Balaban J connectivity index is 1.61. The lowest BCUT2D eigenvalue weighted by molar-refractivity contribution is -0.137. The van der Waals surface area contributed by atoms with Crippen molar-refractivity contribution in [2.24, 2.45) is 0 Å². The third-order valence-electron chi connectivity index (χ3n) is 4.66. The van der Waals surface area contributed by atoms with Crippen LogP contribution in [0.3, 0.4) is 0 Å². The molecule has 10 heteroatoms. The predicted octanol–water partition coefficient (Wildman–Crippen LogP) is 5.85. The van der Waals surface area contributed by atoms with Crippen molar-refractivity contribution in [3.05, 3.63) is 88.4 Å². The van der Waals surface area contributed by atoms with Crippen molar-refractivity contribution in [1.82, 2.24) is 5.32 Å². The number of nitrogens with one attached hydrogen (secondary N) is 2. The zero-order chi connectivity index (χ0) is 24.7. The summed E-state index contributed by atoms with van der Waals surface area (Å²) < 4.78 is 50.1. The van der Waals surface area contributed by atoms with Crippen LogP contribution in [0.1, 0.15) is 16.7 Å². The van der Waals surface area contributed by atoms with Crippen LogP contribution < -0.4 is 20.1 Å². The second-order valence-electron chi connectivity index (χ2n) is 7.05. The molecule has 0 aromatic heterocycles. The van der Waals surface area contributed by atoms with E-state index in [4.69, 9.17) is 33.3 Å². The summed E-state index contributed by atoms with van der Waals surface area (Å²) in [4.78, 5) is 12.7.